The van der Waals surface area contributed by atoms with Gasteiger partial charge in [-0.25, -0.2) is 9.48 Å². The molecule has 1 aliphatic carbocycles. The minimum absolute atomic E-state index is 0.122. The van der Waals surface area contributed by atoms with Crippen LogP contribution in [0.3, 0.4) is 0 Å². The van der Waals surface area contributed by atoms with Gasteiger partial charge in [0.2, 0.25) is 0 Å². The lowest BCUT2D eigenvalue weighted by atomic mass is 10.1. The van der Waals surface area contributed by atoms with Gasteiger partial charge in [0.1, 0.15) is 17.2 Å². The lowest BCUT2D eigenvalue weighted by Crippen LogP contribution is -2.09. The summed E-state index contributed by atoms with van der Waals surface area (Å²) in [6.07, 6.45) is 2.40. The van der Waals surface area contributed by atoms with E-state index >= 15 is 0 Å². The van der Waals surface area contributed by atoms with Gasteiger partial charge in [0, 0.05) is 5.56 Å². The van der Waals surface area contributed by atoms with E-state index in [9.17, 15) is 4.79 Å². The maximum atomic E-state index is 12.6. The van der Waals surface area contributed by atoms with Gasteiger partial charge in [0.15, 0.2) is 5.69 Å². The number of hydrogen-bond acceptors (Lipinski definition) is 6. The van der Waals surface area contributed by atoms with Crippen LogP contribution in [0.25, 0.3) is 11.3 Å². The molecule has 31 heavy (non-hydrogen) atoms. The Bertz CT molecular complexity index is 1060. The predicted molar refractivity (Wildman–Crippen MR) is 117 cm³/mol. The molecule has 1 saturated carbocycles. The van der Waals surface area contributed by atoms with E-state index in [1.807, 2.05) is 36.4 Å². The Hall–Kier alpha value is -3.06. The summed E-state index contributed by atoms with van der Waals surface area (Å²) in [7, 11) is 1.62. The fourth-order valence-electron chi connectivity index (χ4n) is 3.21. The highest BCUT2D eigenvalue weighted by atomic mass is 35.5. The van der Waals surface area contributed by atoms with Gasteiger partial charge >= 0.3 is 5.97 Å². The average Bonchev–Trinajstić information content (AvgIpc) is 3.52. The number of rotatable bonds is 9. The quantitative estimate of drug-likeness (QED) is 0.451. The lowest BCUT2D eigenvalue weighted by Gasteiger charge is -2.12. The summed E-state index contributed by atoms with van der Waals surface area (Å²) in [6.45, 7) is 3.06. The van der Waals surface area contributed by atoms with Gasteiger partial charge in [-0.3, -0.25) is 0 Å². The molecule has 0 amide bonds. The molecule has 1 aromatic heterocycles. The van der Waals surface area contributed by atoms with Crippen LogP contribution in [0.2, 0.25) is 5.02 Å². The van der Waals surface area contributed by atoms with Crippen molar-refractivity contribution < 1.29 is 19.0 Å². The molecule has 1 aliphatic rings. The van der Waals surface area contributed by atoms with E-state index in [4.69, 9.17) is 25.8 Å². The molecule has 0 unspecified atom stereocenters. The van der Waals surface area contributed by atoms with Crippen molar-refractivity contribution in [1.29, 1.82) is 0 Å². The number of carbonyl (C=O) groups excluding carboxylic acids is 1. The van der Waals surface area contributed by atoms with Gasteiger partial charge in [-0.1, -0.05) is 28.9 Å². The fourth-order valence-corrected chi connectivity index (χ4v) is 3.41. The standard InChI is InChI=1S/C23H24ClN3O4/c1-3-30-23(28)21-22(19-12-18(10-11-20(19)24)31-14-16-4-5-16)27(26-25-21)13-15-6-8-17(29-2)9-7-15/h6-12,16H,3-5,13-14H2,1-2H3. The molecule has 162 valence electrons. The van der Waals surface area contributed by atoms with E-state index in [0.717, 1.165) is 11.3 Å². The number of methoxy groups -OCH3 is 1. The summed E-state index contributed by atoms with van der Waals surface area (Å²) >= 11 is 6.54. The Morgan fingerprint density at radius 1 is 1.16 bits per heavy atom. The lowest BCUT2D eigenvalue weighted by molar-refractivity contribution is 0.0520. The highest BCUT2D eigenvalue weighted by Gasteiger charge is 2.25. The molecule has 0 N–H and O–H groups in total. The molecule has 1 heterocycles. The van der Waals surface area contributed by atoms with Crippen LogP contribution in [-0.4, -0.2) is 41.3 Å². The van der Waals surface area contributed by atoms with E-state index in [-0.39, 0.29) is 12.3 Å². The maximum Gasteiger partial charge on any atom is 0.361 e. The largest absolute Gasteiger partial charge is 0.497 e. The first kappa shape index (κ1) is 21.2. The molecule has 7 nitrogen and oxygen atoms in total. The first-order valence-corrected chi connectivity index (χ1v) is 10.6. The molecular weight excluding hydrogens is 418 g/mol. The first-order chi connectivity index (χ1) is 15.1. The fraction of sp³-hybridized carbons (Fsp3) is 0.348. The molecule has 0 spiro atoms. The topological polar surface area (TPSA) is 75.5 Å². The van der Waals surface area contributed by atoms with Crippen LogP contribution in [0.1, 0.15) is 35.8 Å². The highest BCUT2D eigenvalue weighted by molar-refractivity contribution is 6.33. The van der Waals surface area contributed by atoms with Crippen LogP contribution in [0.5, 0.6) is 11.5 Å². The van der Waals surface area contributed by atoms with Crippen molar-refractivity contribution in [3.8, 4) is 22.8 Å². The predicted octanol–water partition coefficient (Wildman–Crippen LogP) is 4.62. The number of carbonyl (C=O) groups is 1. The van der Waals surface area contributed by atoms with Crippen LogP contribution < -0.4 is 9.47 Å². The summed E-state index contributed by atoms with van der Waals surface area (Å²) in [5.41, 5.74) is 2.21. The summed E-state index contributed by atoms with van der Waals surface area (Å²) in [6, 6.07) is 13.0. The van der Waals surface area contributed by atoms with E-state index in [1.165, 1.54) is 12.8 Å². The van der Waals surface area contributed by atoms with Crippen molar-refractivity contribution >= 4 is 17.6 Å². The molecule has 0 saturated heterocycles. The van der Waals surface area contributed by atoms with Crippen LogP contribution in [0.15, 0.2) is 42.5 Å². The van der Waals surface area contributed by atoms with Crippen molar-refractivity contribution in [2.45, 2.75) is 26.3 Å². The zero-order chi connectivity index (χ0) is 21.8. The highest BCUT2D eigenvalue weighted by Crippen LogP contribution is 2.35. The second-order valence-corrected chi connectivity index (χ2v) is 7.82. The van der Waals surface area contributed by atoms with E-state index in [1.54, 1.807) is 24.8 Å². The molecule has 1 fully saturated rings. The van der Waals surface area contributed by atoms with Gasteiger partial charge in [0.25, 0.3) is 0 Å². The maximum absolute atomic E-state index is 12.6. The monoisotopic (exact) mass is 441 g/mol. The van der Waals surface area contributed by atoms with Gasteiger partial charge in [0.05, 0.1) is 31.9 Å². The van der Waals surface area contributed by atoms with Crippen LogP contribution in [0.4, 0.5) is 0 Å². The Labute approximate surface area is 185 Å². The summed E-state index contributed by atoms with van der Waals surface area (Å²) < 4.78 is 18.0. The Morgan fingerprint density at radius 2 is 1.90 bits per heavy atom. The second kappa shape index (κ2) is 9.39. The number of nitrogens with zero attached hydrogens (tertiary/aromatic N) is 3. The summed E-state index contributed by atoms with van der Waals surface area (Å²) in [5.74, 6) is 1.53. The molecule has 4 rings (SSSR count). The van der Waals surface area contributed by atoms with Crippen molar-refractivity contribution in [1.82, 2.24) is 15.0 Å². The normalized spacial score (nSPS) is 13.1. The molecule has 8 heteroatoms. The minimum atomic E-state index is -0.543. The van der Waals surface area contributed by atoms with Gasteiger partial charge < -0.3 is 14.2 Å². The van der Waals surface area contributed by atoms with Crippen molar-refractivity contribution in [2.75, 3.05) is 20.3 Å². The molecule has 3 aromatic rings. The van der Waals surface area contributed by atoms with E-state index < -0.39 is 5.97 Å². The van der Waals surface area contributed by atoms with Gasteiger partial charge in [-0.15, -0.1) is 5.10 Å². The molecule has 2 aromatic carbocycles. The Balaban J connectivity index is 1.71. The molecule has 0 bridgehead atoms. The number of esters is 1. The number of hydrogen-bond donors (Lipinski definition) is 0. The van der Waals surface area contributed by atoms with Crippen molar-refractivity contribution in [2.24, 2.45) is 5.92 Å². The zero-order valence-electron chi connectivity index (χ0n) is 17.5. The van der Waals surface area contributed by atoms with Crippen LogP contribution >= 0.6 is 11.6 Å². The third-order valence-corrected chi connectivity index (χ3v) is 5.40. The van der Waals surface area contributed by atoms with E-state index in [2.05, 4.69) is 10.3 Å². The number of halogens is 1. The van der Waals surface area contributed by atoms with Crippen LogP contribution in [-0.2, 0) is 11.3 Å². The SMILES string of the molecule is CCOC(=O)c1nnn(Cc2ccc(OC)cc2)c1-c1cc(OCC2CC2)ccc1Cl. The molecule has 0 atom stereocenters. The minimum Gasteiger partial charge on any atom is -0.497 e. The molecule has 0 radical (unpaired) electrons. The summed E-state index contributed by atoms with van der Waals surface area (Å²) in [4.78, 5) is 12.6. The van der Waals surface area contributed by atoms with Gasteiger partial charge in [-0.2, -0.15) is 0 Å². The number of benzene rings is 2. The summed E-state index contributed by atoms with van der Waals surface area (Å²) in [5, 5.41) is 8.81. The first-order valence-electron chi connectivity index (χ1n) is 10.2. The third kappa shape index (κ3) is 4.99. The zero-order valence-corrected chi connectivity index (χ0v) is 18.3. The van der Waals surface area contributed by atoms with E-state index in [0.29, 0.717) is 41.1 Å². The smallest absolute Gasteiger partial charge is 0.361 e. The van der Waals surface area contributed by atoms with Gasteiger partial charge in [-0.05, 0) is 61.6 Å². The number of aromatic nitrogens is 3. The second-order valence-electron chi connectivity index (χ2n) is 7.41. The molecule has 0 aliphatic heterocycles. The average molecular weight is 442 g/mol. The molecular formula is C23H24ClN3O4. The Kier molecular flexibility index (Phi) is 6.42. The number of ether oxygens (including phenoxy) is 3. The third-order valence-electron chi connectivity index (χ3n) is 5.07. The van der Waals surface area contributed by atoms with Crippen molar-refractivity contribution in [3.63, 3.8) is 0 Å². The van der Waals surface area contributed by atoms with Crippen LogP contribution in [0, 0.1) is 5.92 Å². The van der Waals surface area contributed by atoms with Crippen molar-refractivity contribution in [3.05, 3.63) is 58.7 Å². The Morgan fingerprint density at radius 3 is 2.58 bits per heavy atom.